The predicted octanol–water partition coefficient (Wildman–Crippen LogP) is 2.89. The molecule has 5 nitrogen and oxygen atoms in total. The highest BCUT2D eigenvalue weighted by Gasteiger charge is 2.25. The number of anilines is 1. The number of carboxylic acid groups (broad SMARTS) is 1. The Morgan fingerprint density at radius 2 is 2.44 bits per heavy atom. The van der Waals surface area contributed by atoms with Gasteiger partial charge in [0.2, 0.25) is 5.95 Å². The summed E-state index contributed by atoms with van der Waals surface area (Å²) in [5.41, 5.74) is 0.814. The summed E-state index contributed by atoms with van der Waals surface area (Å²) >= 11 is 4.86. The van der Waals surface area contributed by atoms with E-state index in [0.29, 0.717) is 18.2 Å². The lowest BCUT2D eigenvalue weighted by Crippen LogP contribution is -2.20. The summed E-state index contributed by atoms with van der Waals surface area (Å²) in [6, 6.07) is 1.89. The second-order valence-electron chi connectivity index (χ2n) is 4.00. The van der Waals surface area contributed by atoms with Crippen molar-refractivity contribution in [3.8, 4) is 10.6 Å². The van der Waals surface area contributed by atoms with Gasteiger partial charge in [-0.05, 0) is 28.4 Å². The second kappa shape index (κ2) is 4.40. The molecule has 2 aromatic rings. The molecule has 0 aliphatic carbocycles. The minimum Gasteiger partial charge on any atom is -0.477 e. The SMILES string of the molecule is O=C(O)c1c(-c2cc(Br)cs2)nc2n1CCCN2. The fourth-order valence-electron chi connectivity index (χ4n) is 2.07. The van der Waals surface area contributed by atoms with E-state index in [0.717, 1.165) is 22.3 Å². The quantitative estimate of drug-likeness (QED) is 0.890. The zero-order valence-corrected chi connectivity index (χ0v) is 11.7. The number of hydrogen-bond acceptors (Lipinski definition) is 4. The van der Waals surface area contributed by atoms with Gasteiger partial charge in [0, 0.05) is 22.9 Å². The summed E-state index contributed by atoms with van der Waals surface area (Å²) in [5.74, 6) is -0.282. The van der Waals surface area contributed by atoms with Gasteiger partial charge in [0.15, 0.2) is 5.69 Å². The Labute approximate surface area is 116 Å². The molecule has 0 bridgehead atoms. The highest BCUT2D eigenvalue weighted by molar-refractivity contribution is 9.10. The van der Waals surface area contributed by atoms with E-state index in [-0.39, 0.29) is 5.69 Å². The molecule has 1 aliphatic rings. The van der Waals surface area contributed by atoms with E-state index in [1.54, 1.807) is 4.57 Å². The summed E-state index contributed by atoms with van der Waals surface area (Å²) in [6.07, 6.45) is 0.914. The number of nitrogens with one attached hydrogen (secondary N) is 1. The van der Waals surface area contributed by atoms with E-state index in [1.807, 2.05) is 11.4 Å². The molecule has 0 aromatic carbocycles. The maximum absolute atomic E-state index is 11.4. The van der Waals surface area contributed by atoms with Crippen LogP contribution in [0.25, 0.3) is 10.6 Å². The molecule has 0 unspecified atom stereocenters. The van der Waals surface area contributed by atoms with Crippen LogP contribution in [0.3, 0.4) is 0 Å². The van der Waals surface area contributed by atoms with Gasteiger partial charge >= 0.3 is 5.97 Å². The van der Waals surface area contributed by atoms with E-state index in [2.05, 4.69) is 26.2 Å². The summed E-state index contributed by atoms with van der Waals surface area (Å²) in [5, 5.41) is 14.4. The number of rotatable bonds is 2. The molecule has 0 fully saturated rings. The van der Waals surface area contributed by atoms with Crippen LogP contribution >= 0.6 is 27.3 Å². The lowest BCUT2D eigenvalue weighted by Gasteiger charge is -2.16. The van der Waals surface area contributed by atoms with Crippen molar-refractivity contribution < 1.29 is 9.90 Å². The highest BCUT2D eigenvalue weighted by atomic mass is 79.9. The van der Waals surface area contributed by atoms with Gasteiger partial charge in [-0.15, -0.1) is 11.3 Å². The molecule has 3 rings (SSSR count). The molecule has 2 N–H and O–H groups in total. The summed E-state index contributed by atoms with van der Waals surface area (Å²) in [4.78, 5) is 16.7. The Morgan fingerprint density at radius 3 is 3.11 bits per heavy atom. The minimum absolute atomic E-state index is 0.270. The van der Waals surface area contributed by atoms with Crippen LogP contribution in [0.1, 0.15) is 16.9 Å². The first-order chi connectivity index (χ1) is 8.66. The third-order valence-corrected chi connectivity index (χ3v) is 4.51. The molecule has 0 atom stereocenters. The van der Waals surface area contributed by atoms with Gasteiger partial charge < -0.3 is 15.0 Å². The molecular weight excluding hydrogens is 318 g/mol. The molecule has 0 spiro atoms. The van der Waals surface area contributed by atoms with Crippen molar-refractivity contribution >= 4 is 39.2 Å². The molecule has 1 aliphatic heterocycles. The van der Waals surface area contributed by atoms with Crippen molar-refractivity contribution in [1.82, 2.24) is 9.55 Å². The maximum Gasteiger partial charge on any atom is 0.354 e. The summed E-state index contributed by atoms with van der Waals surface area (Å²) in [7, 11) is 0. The average Bonchev–Trinajstić information content (AvgIpc) is 2.91. The van der Waals surface area contributed by atoms with Crippen molar-refractivity contribution in [2.45, 2.75) is 13.0 Å². The van der Waals surface area contributed by atoms with Crippen molar-refractivity contribution in [2.24, 2.45) is 0 Å². The van der Waals surface area contributed by atoms with Crippen LogP contribution in [-0.2, 0) is 6.54 Å². The number of aromatic carboxylic acids is 1. The Balaban J connectivity index is 2.19. The number of carboxylic acids is 1. The number of halogens is 1. The average molecular weight is 328 g/mol. The lowest BCUT2D eigenvalue weighted by molar-refractivity contribution is 0.0686. The molecule has 0 saturated carbocycles. The van der Waals surface area contributed by atoms with Gasteiger partial charge in [0.05, 0.1) is 4.88 Å². The predicted molar refractivity (Wildman–Crippen MR) is 73.3 cm³/mol. The zero-order valence-electron chi connectivity index (χ0n) is 9.31. The summed E-state index contributed by atoms with van der Waals surface area (Å²) in [6.45, 7) is 1.53. The fraction of sp³-hybridized carbons (Fsp3) is 0.273. The van der Waals surface area contributed by atoms with Crippen LogP contribution in [0, 0.1) is 0 Å². The number of carbonyl (C=O) groups is 1. The third kappa shape index (κ3) is 1.83. The molecule has 94 valence electrons. The first-order valence-electron chi connectivity index (χ1n) is 5.49. The van der Waals surface area contributed by atoms with E-state index < -0.39 is 5.97 Å². The van der Waals surface area contributed by atoms with Crippen LogP contribution in [0.15, 0.2) is 15.9 Å². The monoisotopic (exact) mass is 327 g/mol. The van der Waals surface area contributed by atoms with E-state index >= 15 is 0 Å². The highest BCUT2D eigenvalue weighted by Crippen LogP contribution is 2.34. The standard InChI is InChI=1S/C11H10BrN3O2S/c12-6-4-7(18-5-6)8-9(10(16)17)15-3-1-2-13-11(15)14-8/h4-5H,1-3H2,(H,13,14)(H,16,17). The van der Waals surface area contributed by atoms with Gasteiger partial charge in [-0.3, -0.25) is 0 Å². The number of aromatic nitrogens is 2. The molecule has 2 aromatic heterocycles. The number of nitrogens with zero attached hydrogens (tertiary/aromatic N) is 2. The Kier molecular flexibility index (Phi) is 2.87. The molecule has 3 heterocycles. The second-order valence-corrected chi connectivity index (χ2v) is 5.83. The van der Waals surface area contributed by atoms with Crippen LogP contribution in [-0.4, -0.2) is 27.2 Å². The fourth-order valence-corrected chi connectivity index (χ4v) is 3.49. The first kappa shape index (κ1) is 11.7. The number of hydrogen-bond donors (Lipinski definition) is 2. The lowest BCUT2D eigenvalue weighted by atomic mass is 10.2. The zero-order chi connectivity index (χ0) is 12.7. The van der Waals surface area contributed by atoms with Gasteiger partial charge in [-0.25, -0.2) is 9.78 Å². The largest absolute Gasteiger partial charge is 0.477 e. The third-order valence-electron chi connectivity index (χ3n) is 2.81. The molecule has 18 heavy (non-hydrogen) atoms. The molecular formula is C11H10BrN3O2S. The normalized spacial score (nSPS) is 14.1. The van der Waals surface area contributed by atoms with E-state index in [9.17, 15) is 9.90 Å². The van der Waals surface area contributed by atoms with Crippen LogP contribution in [0.2, 0.25) is 0 Å². The molecule has 7 heteroatoms. The van der Waals surface area contributed by atoms with Gasteiger partial charge in [-0.2, -0.15) is 0 Å². The summed E-state index contributed by atoms with van der Waals surface area (Å²) < 4.78 is 2.69. The first-order valence-corrected chi connectivity index (χ1v) is 7.16. The topological polar surface area (TPSA) is 67.1 Å². The van der Waals surface area contributed by atoms with Crippen LogP contribution < -0.4 is 5.32 Å². The Hall–Kier alpha value is -1.34. The Bertz CT molecular complexity index is 620. The number of imidazole rings is 1. The molecule has 0 saturated heterocycles. The van der Waals surface area contributed by atoms with Crippen molar-refractivity contribution in [3.63, 3.8) is 0 Å². The minimum atomic E-state index is -0.933. The Morgan fingerprint density at radius 1 is 1.61 bits per heavy atom. The number of fused-ring (bicyclic) bond motifs is 1. The van der Waals surface area contributed by atoms with Gasteiger partial charge in [0.1, 0.15) is 5.69 Å². The number of thiophene rings is 1. The van der Waals surface area contributed by atoms with E-state index in [1.165, 1.54) is 11.3 Å². The van der Waals surface area contributed by atoms with Crippen molar-refractivity contribution in [3.05, 3.63) is 21.6 Å². The smallest absolute Gasteiger partial charge is 0.354 e. The van der Waals surface area contributed by atoms with Crippen LogP contribution in [0.5, 0.6) is 0 Å². The molecule has 0 radical (unpaired) electrons. The van der Waals surface area contributed by atoms with Crippen molar-refractivity contribution in [2.75, 3.05) is 11.9 Å². The van der Waals surface area contributed by atoms with Gasteiger partial charge in [0.25, 0.3) is 0 Å². The van der Waals surface area contributed by atoms with E-state index in [4.69, 9.17) is 0 Å². The van der Waals surface area contributed by atoms with Gasteiger partial charge in [-0.1, -0.05) is 0 Å². The van der Waals surface area contributed by atoms with Crippen molar-refractivity contribution in [1.29, 1.82) is 0 Å². The molecule has 0 amide bonds. The maximum atomic E-state index is 11.4. The van der Waals surface area contributed by atoms with Crippen LogP contribution in [0.4, 0.5) is 5.95 Å².